The molecular formula is C14H19NO3S. The van der Waals surface area contributed by atoms with Crippen molar-refractivity contribution in [1.29, 1.82) is 0 Å². The molecule has 19 heavy (non-hydrogen) atoms. The predicted molar refractivity (Wildman–Crippen MR) is 77.5 cm³/mol. The quantitative estimate of drug-likeness (QED) is 0.815. The SMILES string of the molecule is CCC(CC)N(C)C(=O)c1sccc1C=CC(=O)O. The van der Waals surface area contributed by atoms with Gasteiger partial charge >= 0.3 is 5.97 Å². The summed E-state index contributed by atoms with van der Waals surface area (Å²) in [6.07, 6.45) is 4.33. The number of aliphatic carboxylic acids is 1. The Bertz CT molecular complexity index is 475. The first kappa shape index (κ1) is 15.4. The lowest BCUT2D eigenvalue weighted by Gasteiger charge is -2.26. The second kappa shape index (κ2) is 7.09. The molecule has 1 aromatic heterocycles. The number of carboxylic acids is 1. The van der Waals surface area contributed by atoms with Crippen LogP contribution in [0.4, 0.5) is 0 Å². The van der Waals surface area contributed by atoms with E-state index in [1.807, 2.05) is 0 Å². The van der Waals surface area contributed by atoms with E-state index in [2.05, 4.69) is 13.8 Å². The van der Waals surface area contributed by atoms with Crippen LogP contribution in [0.25, 0.3) is 6.08 Å². The Kier molecular flexibility index (Phi) is 5.76. The minimum absolute atomic E-state index is 0.0475. The van der Waals surface area contributed by atoms with Gasteiger partial charge in [0.2, 0.25) is 0 Å². The Morgan fingerprint density at radius 2 is 2.05 bits per heavy atom. The molecule has 0 saturated heterocycles. The molecule has 0 unspecified atom stereocenters. The lowest BCUT2D eigenvalue weighted by molar-refractivity contribution is -0.131. The number of rotatable bonds is 6. The molecule has 0 fully saturated rings. The fourth-order valence-electron chi connectivity index (χ4n) is 1.95. The Labute approximate surface area is 117 Å². The van der Waals surface area contributed by atoms with Crippen LogP contribution in [0.15, 0.2) is 17.5 Å². The Balaban J connectivity index is 2.94. The van der Waals surface area contributed by atoms with Crippen molar-refractivity contribution in [1.82, 2.24) is 4.90 Å². The lowest BCUT2D eigenvalue weighted by Crippen LogP contribution is -2.36. The average Bonchev–Trinajstić information content (AvgIpc) is 2.85. The van der Waals surface area contributed by atoms with E-state index in [4.69, 9.17) is 5.11 Å². The summed E-state index contributed by atoms with van der Waals surface area (Å²) < 4.78 is 0. The van der Waals surface area contributed by atoms with Gasteiger partial charge in [0.05, 0.1) is 4.88 Å². The van der Waals surface area contributed by atoms with Gasteiger partial charge < -0.3 is 10.0 Å². The van der Waals surface area contributed by atoms with Gasteiger partial charge in [0.1, 0.15) is 0 Å². The predicted octanol–water partition coefficient (Wildman–Crippen LogP) is 3.11. The van der Waals surface area contributed by atoms with Gasteiger partial charge in [-0.2, -0.15) is 0 Å². The Morgan fingerprint density at radius 1 is 1.42 bits per heavy atom. The second-order valence-corrected chi connectivity index (χ2v) is 5.18. The van der Waals surface area contributed by atoms with E-state index in [1.54, 1.807) is 23.4 Å². The maximum Gasteiger partial charge on any atom is 0.328 e. The number of hydrogen-bond donors (Lipinski definition) is 1. The van der Waals surface area contributed by atoms with Crippen LogP contribution in [0.3, 0.4) is 0 Å². The van der Waals surface area contributed by atoms with Gasteiger partial charge in [0, 0.05) is 19.2 Å². The third kappa shape index (κ3) is 3.92. The molecular weight excluding hydrogens is 262 g/mol. The summed E-state index contributed by atoms with van der Waals surface area (Å²) in [7, 11) is 1.80. The molecule has 4 nitrogen and oxygen atoms in total. The van der Waals surface area contributed by atoms with Crippen LogP contribution in [-0.2, 0) is 4.79 Å². The molecule has 0 aromatic carbocycles. The molecule has 0 radical (unpaired) electrons. The highest BCUT2D eigenvalue weighted by atomic mass is 32.1. The van der Waals surface area contributed by atoms with E-state index in [0.29, 0.717) is 10.4 Å². The summed E-state index contributed by atoms with van der Waals surface area (Å²) in [6, 6.07) is 1.98. The van der Waals surface area contributed by atoms with E-state index in [9.17, 15) is 9.59 Å². The van der Waals surface area contributed by atoms with Gasteiger partial charge in [-0.1, -0.05) is 13.8 Å². The highest BCUT2D eigenvalue weighted by Gasteiger charge is 2.21. The van der Waals surface area contributed by atoms with Gasteiger partial charge in [-0.15, -0.1) is 11.3 Å². The van der Waals surface area contributed by atoms with E-state index < -0.39 is 5.97 Å². The molecule has 1 N–H and O–H groups in total. The number of amides is 1. The van der Waals surface area contributed by atoms with Crippen molar-refractivity contribution in [2.24, 2.45) is 0 Å². The summed E-state index contributed by atoms with van der Waals surface area (Å²) in [5, 5.41) is 10.4. The molecule has 0 aliphatic rings. The van der Waals surface area contributed by atoms with Crippen LogP contribution >= 0.6 is 11.3 Å². The van der Waals surface area contributed by atoms with Gasteiger partial charge in [0.25, 0.3) is 5.91 Å². The van der Waals surface area contributed by atoms with E-state index in [-0.39, 0.29) is 11.9 Å². The van der Waals surface area contributed by atoms with Crippen molar-refractivity contribution < 1.29 is 14.7 Å². The Hall–Kier alpha value is -1.62. The van der Waals surface area contributed by atoms with Gasteiger partial charge in [-0.05, 0) is 35.9 Å². The molecule has 0 saturated carbocycles. The van der Waals surface area contributed by atoms with Crippen molar-refractivity contribution >= 4 is 29.3 Å². The average molecular weight is 281 g/mol. The smallest absolute Gasteiger partial charge is 0.328 e. The number of carbonyl (C=O) groups is 2. The molecule has 0 atom stereocenters. The summed E-state index contributed by atoms with van der Waals surface area (Å²) in [6.45, 7) is 4.11. The fourth-order valence-corrected chi connectivity index (χ4v) is 2.82. The third-order valence-corrected chi connectivity index (χ3v) is 4.02. The van der Waals surface area contributed by atoms with Crippen LogP contribution in [0, 0.1) is 0 Å². The zero-order valence-electron chi connectivity index (χ0n) is 11.4. The Morgan fingerprint density at radius 3 is 2.58 bits per heavy atom. The number of carbonyl (C=O) groups excluding carboxylic acids is 1. The van der Waals surface area contributed by atoms with Gasteiger partial charge in [-0.3, -0.25) is 4.79 Å². The lowest BCUT2D eigenvalue weighted by atomic mass is 10.1. The molecule has 104 valence electrons. The normalized spacial score (nSPS) is 11.2. The molecule has 0 aliphatic carbocycles. The third-order valence-electron chi connectivity index (χ3n) is 3.11. The molecule has 1 rings (SSSR count). The molecule has 5 heteroatoms. The maximum atomic E-state index is 12.4. The molecule has 0 aliphatic heterocycles. The molecule has 0 bridgehead atoms. The topological polar surface area (TPSA) is 57.6 Å². The fraction of sp³-hybridized carbons (Fsp3) is 0.429. The minimum atomic E-state index is -1.02. The van der Waals surface area contributed by atoms with Crippen LogP contribution in [0.5, 0.6) is 0 Å². The number of nitrogens with zero attached hydrogens (tertiary/aromatic N) is 1. The first-order chi connectivity index (χ1) is 9.01. The van der Waals surface area contributed by atoms with E-state index in [1.165, 1.54) is 17.4 Å². The van der Waals surface area contributed by atoms with Crippen LogP contribution in [0.1, 0.15) is 41.9 Å². The maximum absolute atomic E-state index is 12.4. The van der Waals surface area contributed by atoms with Gasteiger partial charge in [0.15, 0.2) is 0 Å². The second-order valence-electron chi connectivity index (χ2n) is 4.26. The standard InChI is InChI=1S/C14H19NO3S/c1-4-11(5-2)15(3)14(18)13-10(8-9-19-13)6-7-12(16)17/h6-9,11H,4-5H2,1-3H3,(H,16,17). The molecule has 1 heterocycles. The van der Waals surface area contributed by atoms with Gasteiger partial charge in [-0.25, -0.2) is 4.79 Å². The summed E-state index contributed by atoms with van der Waals surface area (Å²) in [5.41, 5.74) is 0.662. The largest absolute Gasteiger partial charge is 0.478 e. The number of carboxylic acid groups (broad SMARTS) is 1. The molecule has 1 amide bonds. The summed E-state index contributed by atoms with van der Waals surface area (Å²) in [4.78, 5) is 25.2. The summed E-state index contributed by atoms with van der Waals surface area (Å²) in [5.74, 6) is -1.06. The number of hydrogen-bond acceptors (Lipinski definition) is 3. The minimum Gasteiger partial charge on any atom is -0.478 e. The van der Waals surface area contributed by atoms with Crippen LogP contribution in [-0.4, -0.2) is 35.0 Å². The van der Waals surface area contributed by atoms with Crippen LogP contribution in [0.2, 0.25) is 0 Å². The summed E-state index contributed by atoms with van der Waals surface area (Å²) >= 11 is 1.34. The highest BCUT2D eigenvalue weighted by Crippen LogP contribution is 2.22. The van der Waals surface area contributed by atoms with E-state index in [0.717, 1.165) is 18.9 Å². The van der Waals surface area contributed by atoms with E-state index >= 15 is 0 Å². The van der Waals surface area contributed by atoms with Crippen molar-refractivity contribution in [3.63, 3.8) is 0 Å². The molecule has 1 aromatic rings. The zero-order chi connectivity index (χ0) is 14.4. The van der Waals surface area contributed by atoms with Crippen molar-refractivity contribution in [2.45, 2.75) is 32.7 Å². The first-order valence-corrected chi connectivity index (χ1v) is 7.14. The zero-order valence-corrected chi connectivity index (χ0v) is 12.2. The van der Waals surface area contributed by atoms with Crippen LogP contribution < -0.4 is 0 Å². The highest BCUT2D eigenvalue weighted by molar-refractivity contribution is 7.12. The molecule has 0 spiro atoms. The van der Waals surface area contributed by atoms with Crippen molar-refractivity contribution in [3.05, 3.63) is 28.0 Å². The first-order valence-electron chi connectivity index (χ1n) is 6.26. The monoisotopic (exact) mass is 281 g/mol. The number of thiophene rings is 1. The van der Waals surface area contributed by atoms with Crippen molar-refractivity contribution in [3.8, 4) is 0 Å². The van der Waals surface area contributed by atoms with Crippen molar-refractivity contribution in [2.75, 3.05) is 7.05 Å².